The van der Waals surface area contributed by atoms with E-state index in [1.807, 2.05) is 49.6 Å². The van der Waals surface area contributed by atoms with Gasteiger partial charge in [-0.25, -0.2) is 13.1 Å². The summed E-state index contributed by atoms with van der Waals surface area (Å²) in [6, 6.07) is 14.7. The second kappa shape index (κ2) is 7.31. The van der Waals surface area contributed by atoms with Crippen LogP contribution in [-0.4, -0.2) is 14.7 Å². The fourth-order valence-electron chi connectivity index (χ4n) is 2.17. The quantitative estimate of drug-likeness (QED) is 0.811. The summed E-state index contributed by atoms with van der Waals surface area (Å²) in [5, 5.41) is 0. The molecular weight excluding hydrogens is 314 g/mol. The molecule has 0 aliphatic heterocycles. The van der Waals surface area contributed by atoms with Gasteiger partial charge in [-0.3, -0.25) is 0 Å². The van der Waals surface area contributed by atoms with Gasteiger partial charge in [-0.2, -0.15) is 0 Å². The van der Waals surface area contributed by atoms with E-state index in [4.69, 9.17) is 0 Å². The topological polar surface area (TPSA) is 46.2 Å². The Morgan fingerprint density at radius 1 is 1.05 bits per heavy atom. The average Bonchev–Trinajstić information content (AvgIpc) is 2.54. The molecule has 3 nitrogen and oxygen atoms in total. The third-order valence-corrected chi connectivity index (χ3v) is 5.89. The van der Waals surface area contributed by atoms with Crippen molar-refractivity contribution in [2.75, 3.05) is 6.26 Å². The van der Waals surface area contributed by atoms with Crippen LogP contribution < -0.4 is 4.72 Å². The molecule has 0 spiro atoms. The molecule has 0 saturated carbocycles. The smallest absolute Gasteiger partial charge is 0.207 e. The zero-order chi connectivity index (χ0) is 16.2. The van der Waals surface area contributed by atoms with E-state index < -0.39 is 10.0 Å². The second-order valence-electron chi connectivity index (χ2n) is 5.11. The minimum absolute atomic E-state index is 0.267. The Kier molecular flexibility index (Phi) is 5.67. The van der Waals surface area contributed by atoms with Crippen LogP contribution in [0.15, 0.2) is 58.3 Å². The van der Waals surface area contributed by atoms with E-state index in [0.717, 1.165) is 16.9 Å². The van der Waals surface area contributed by atoms with E-state index in [9.17, 15) is 8.42 Å². The predicted octanol–water partition coefficient (Wildman–Crippen LogP) is 4.01. The lowest BCUT2D eigenvalue weighted by atomic mass is 10.1. The lowest BCUT2D eigenvalue weighted by Crippen LogP contribution is -2.26. The monoisotopic (exact) mass is 335 g/mol. The first kappa shape index (κ1) is 17.1. The predicted molar refractivity (Wildman–Crippen MR) is 92.8 cm³/mol. The summed E-state index contributed by atoms with van der Waals surface area (Å²) in [5.41, 5.74) is 2.20. The van der Waals surface area contributed by atoms with E-state index in [-0.39, 0.29) is 6.04 Å². The van der Waals surface area contributed by atoms with Crippen molar-refractivity contribution in [3.8, 4) is 0 Å². The van der Waals surface area contributed by atoms with Crippen molar-refractivity contribution in [1.82, 2.24) is 4.72 Å². The van der Waals surface area contributed by atoms with Crippen LogP contribution in [0.5, 0.6) is 0 Å². The van der Waals surface area contributed by atoms with E-state index in [1.165, 1.54) is 5.56 Å². The van der Waals surface area contributed by atoms with Crippen molar-refractivity contribution in [2.45, 2.75) is 36.1 Å². The molecule has 2 aromatic carbocycles. The number of hydrogen-bond donors (Lipinski definition) is 1. The summed E-state index contributed by atoms with van der Waals surface area (Å²) in [7, 11) is -3.51. The molecule has 0 heterocycles. The lowest BCUT2D eigenvalue weighted by molar-refractivity contribution is 0.567. The van der Waals surface area contributed by atoms with E-state index >= 15 is 0 Å². The molecule has 0 radical (unpaired) electrons. The maximum atomic E-state index is 12.4. The van der Waals surface area contributed by atoms with Crippen molar-refractivity contribution >= 4 is 21.8 Å². The molecule has 0 aliphatic carbocycles. The van der Waals surface area contributed by atoms with Crippen LogP contribution in [0, 0.1) is 0 Å². The number of hydrogen-bond acceptors (Lipinski definition) is 3. The molecule has 0 aromatic heterocycles. The van der Waals surface area contributed by atoms with Crippen LogP contribution in [0.25, 0.3) is 0 Å². The molecule has 2 rings (SSSR count). The van der Waals surface area contributed by atoms with E-state index in [2.05, 4.69) is 11.6 Å². The van der Waals surface area contributed by atoms with Gasteiger partial charge in [-0.05, 0) is 55.0 Å². The van der Waals surface area contributed by atoms with Gasteiger partial charge in [0.2, 0.25) is 10.0 Å². The highest BCUT2D eigenvalue weighted by molar-refractivity contribution is 7.98. The molecule has 5 heteroatoms. The zero-order valence-electron chi connectivity index (χ0n) is 13.0. The Morgan fingerprint density at radius 3 is 2.14 bits per heavy atom. The molecule has 118 valence electrons. The largest absolute Gasteiger partial charge is 0.241 e. The van der Waals surface area contributed by atoms with Gasteiger partial charge in [-0.1, -0.05) is 31.2 Å². The number of thioether (sulfide) groups is 1. The molecule has 1 N–H and O–H groups in total. The summed E-state index contributed by atoms with van der Waals surface area (Å²) in [6.45, 7) is 3.95. The number of rotatable bonds is 6. The first-order valence-corrected chi connectivity index (χ1v) is 9.92. The van der Waals surface area contributed by atoms with Crippen LogP contribution in [0.3, 0.4) is 0 Å². The maximum absolute atomic E-state index is 12.4. The Bertz CT molecular complexity index is 707. The normalized spacial score (nSPS) is 13.0. The number of nitrogens with one attached hydrogen (secondary N) is 1. The molecule has 22 heavy (non-hydrogen) atoms. The van der Waals surface area contributed by atoms with Crippen LogP contribution in [0.2, 0.25) is 0 Å². The molecule has 0 unspecified atom stereocenters. The van der Waals surface area contributed by atoms with Crippen molar-refractivity contribution in [3.05, 3.63) is 59.7 Å². The van der Waals surface area contributed by atoms with Crippen LogP contribution >= 0.6 is 11.8 Å². The zero-order valence-corrected chi connectivity index (χ0v) is 14.7. The fraction of sp³-hybridized carbons (Fsp3) is 0.294. The molecule has 1 atom stereocenters. The first-order chi connectivity index (χ1) is 10.5. The van der Waals surface area contributed by atoms with E-state index in [1.54, 1.807) is 23.9 Å². The summed E-state index contributed by atoms with van der Waals surface area (Å²) in [5.74, 6) is 0. The molecule has 0 bridgehead atoms. The van der Waals surface area contributed by atoms with Crippen LogP contribution in [0.4, 0.5) is 0 Å². The minimum Gasteiger partial charge on any atom is -0.207 e. The highest BCUT2D eigenvalue weighted by atomic mass is 32.2. The van der Waals surface area contributed by atoms with Crippen molar-refractivity contribution in [2.24, 2.45) is 0 Å². The number of benzene rings is 2. The third-order valence-electron chi connectivity index (χ3n) is 3.59. The van der Waals surface area contributed by atoms with Gasteiger partial charge >= 0.3 is 0 Å². The van der Waals surface area contributed by atoms with Gasteiger partial charge < -0.3 is 0 Å². The number of aryl methyl sites for hydroxylation is 1. The fourth-order valence-corrected chi connectivity index (χ4v) is 3.81. The van der Waals surface area contributed by atoms with Crippen LogP contribution in [0.1, 0.15) is 31.0 Å². The second-order valence-corrected chi connectivity index (χ2v) is 7.71. The van der Waals surface area contributed by atoms with Crippen molar-refractivity contribution < 1.29 is 8.42 Å². The Balaban J connectivity index is 2.15. The third kappa shape index (κ3) is 4.12. The van der Waals surface area contributed by atoms with Gasteiger partial charge in [0, 0.05) is 10.9 Å². The maximum Gasteiger partial charge on any atom is 0.241 e. The van der Waals surface area contributed by atoms with Gasteiger partial charge in [0.15, 0.2) is 0 Å². The minimum atomic E-state index is -3.51. The molecule has 0 amide bonds. The van der Waals surface area contributed by atoms with Gasteiger partial charge in [0.05, 0.1) is 4.90 Å². The summed E-state index contributed by atoms with van der Waals surface area (Å²) in [4.78, 5) is 1.34. The van der Waals surface area contributed by atoms with Crippen LogP contribution in [-0.2, 0) is 16.4 Å². The molecule has 0 saturated heterocycles. The SMILES string of the molecule is CCc1ccc([C@@H](C)NS(=O)(=O)c2ccc(SC)cc2)cc1. The lowest BCUT2D eigenvalue weighted by Gasteiger charge is -2.15. The average molecular weight is 335 g/mol. The standard InChI is InChI=1S/C17H21NO2S2/c1-4-14-5-7-15(8-6-14)13(2)18-22(19,20)17-11-9-16(21-3)10-12-17/h5-13,18H,4H2,1-3H3/t13-/m1/s1. The summed E-state index contributed by atoms with van der Waals surface area (Å²) >= 11 is 1.59. The summed E-state index contributed by atoms with van der Waals surface area (Å²) < 4.78 is 27.6. The Hall–Kier alpha value is -1.30. The highest BCUT2D eigenvalue weighted by Crippen LogP contribution is 2.20. The first-order valence-electron chi connectivity index (χ1n) is 7.21. The van der Waals surface area contributed by atoms with E-state index in [0.29, 0.717) is 4.90 Å². The molecule has 0 aliphatic rings. The van der Waals surface area contributed by atoms with Gasteiger partial charge in [0.25, 0.3) is 0 Å². The Labute approximate surface area is 137 Å². The summed E-state index contributed by atoms with van der Waals surface area (Å²) in [6.07, 6.45) is 2.94. The van der Waals surface area contributed by atoms with Gasteiger partial charge in [0.1, 0.15) is 0 Å². The Morgan fingerprint density at radius 2 is 1.64 bits per heavy atom. The van der Waals surface area contributed by atoms with Crippen molar-refractivity contribution in [1.29, 1.82) is 0 Å². The molecule has 2 aromatic rings. The molecule has 0 fully saturated rings. The highest BCUT2D eigenvalue weighted by Gasteiger charge is 2.18. The number of sulfonamides is 1. The van der Waals surface area contributed by atoms with Crippen molar-refractivity contribution in [3.63, 3.8) is 0 Å². The van der Waals surface area contributed by atoms with Gasteiger partial charge in [-0.15, -0.1) is 11.8 Å². The molecular formula is C17H21NO2S2.